The molecule has 2 nitrogen and oxygen atoms in total. The Morgan fingerprint density at radius 2 is 2.00 bits per heavy atom. The van der Waals surface area contributed by atoms with Crippen LogP contribution in [0.2, 0.25) is 0 Å². The molecule has 2 heteroatoms. The molecule has 0 radical (unpaired) electrons. The van der Waals surface area contributed by atoms with Crippen molar-refractivity contribution >= 4 is 0 Å². The Morgan fingerprint density at radius 3 is 2.75 bits per heavy atom. The Morgan fingerprint density at radius 1 is 1.12 bits per heavy atom. The molecule has 0 aromatic rings. The minimum Gasteiger partial charge on any atom is -0.317 e. The van der Waals surface area contributed by atoms with Gasteiger partial charge in [0.15, 0.2) is 0 Å². The van der Waals surface area contributed by atoms with E-state index < -0.39 is 0 Å². The van der Waals surface area contributed by atoms with Gasteiger partial charge in [0.05, 0.1) is 0 Å². The Labute approximate surface area is 101 Å². The second-order valence-corrected chi connectivity index (χ2v) is 5.72. The van der Waals surface area contributed by atoms with Crippen molar-refractivity contribution in [3.8, 4) is 0 Å². The van der Waals surface area contributed by atoms with E-state index in [0.717, 1.165) is 12.0 Å². The van der Waals surface area contributed by atoms with Crippen molar-refractivity contribution in [2.75, 3.05) is 26.2 Å². The van der Waals surface area contributed by atoms with Gasteiger partial charge >= 0.3 is 0 Å². The maximum absolute atomic E-state index is 3.58. The van der Waals surface area contributed by atoms with Crippen molar-refractivity contribution in [3.63, 3.8) is 0 Å². The number of hydrogen-bond acceptors (Lipinski definition) is 2. The number of hydrogen-bond donors (Lipinski definition) is 1. The maximum Gasteiger partial charge on any atom is 0.00669 e. The lowest BCUT2D eigenvalue weighted by atomic mass is 10.0. The molecule has 1 aliphatic heterocycles. The maximum atomic E-state index is 3.58. The largest absolute Gasteiger partial charge is 0.317 e. The molecule has 2 rings (SSSR count). The molecule has 0 amide bonds. The molecule has 1 saturated carbocycles. The van der Waals surface area contributed by atoms with Crippen LogP contribution in [0.4, 0.5) is 0 Å². The minimum absolute atomic E-state index is 0.834. The summed E-state index contributed by atoms with van der Waals surface area (Å²) in [5.41, 5.74) is 0. The van der Waals surface area contributed by atoms with E-state index in [9.17, 15) is 0 Å². The van der Waals surface area contributed by atoms with Gasteiger partial charge in [-0.25, -0.2) is 0 Å². The van der Waals surface area contributed by atoms with Crippen LogP contribution in [0.15, 0.2) is 0 Å². The van der Waals surface area contributed by atoms with E-state index in [1.807, 2.05) is 0 Å². The highest BCUT2D eigenvalue weighted by Gasteiger charge is 2.20. The molecule has 1 unspecified atom stereocenters. The molecule has 0 aromatic carbocycles. The zero-order chi connectivity index (χ0) is 11.2. The Balaban J connectivity index is 1.43. The first kappa shape index (κ1) is 12.4. The van der Waals surface area contributed by atoms with Crippen molar-refractivity contribution in [2.45, 2.75) is 57.9 Å². The van der Waals surface area contributed by atoms with E-state index in [1.54, 1.807) is 0 Å². The summed E-state index contributed by atoms with van der Waals surface area (Å²) < 4.78 is 0. The summed E-state index contributed by atoms with van der Waals surface area (Å²) in [7, 11) is 0. The highest BCUT2D eigenvalue weighted by molar-refractivity contribution is 4.74. The fourth-order valence-corrected chi connectivity index (χ4v) is 2.73. The van der Waals surface area contributed by atoms with Crippen molar-refractivity contribution in [1.82, 2.24) is 10.2 Å². The van der Waals surface area contributed by atoms with Gasteiger partial charge in [-0.2, -0.15) is 0 Å². The summed E-state index contributed by atoms with van der Waals surface area (Å²) in [6.07, 6.45) is 10.0. The average Bonchev–Trinajstić information content (AvgIpc) is 3.09. The van der Waals surface area contributed by atoms with Crippen LogP contribution in [0, 0.1) is 5.92 Å². The van der Waals surface area contributed by atoms with Gasteiger partial charge in [-0.3, -0.25) is 0 Å². The van der Waals surface area contributed by atoms with Gasteiger partial charge in [0.25, 0.3) is 0 Å². The highest BCUT2D eigenvalue weighted by Crippen LogP contribution is 2.31. The van der Waals surface area contributed by atoms with Crippen molar-refractivity contribution in [2.24, 2.45) is 5.92 Å². The van der Waals surface area contributed by atoms with Gasteiger partial charge in [-0.1, -0.05) is 19.3 Å². The van der Waals surface area contributed by atoms with Crippen LogP contribution in [-0.4, -0.2) is 37.1 Å². The number of nitrogens with one attached hydrogen (secondary N) is 1. The Hall–Kier alpha value is -0.0800. The number of likely N-dealkylation sites (tertiary alicyclic amines) is 1. The number of piperidine rings is 1. The third kappa shape index (κ3) is 4.42. The molecule has 0 bridgehead atoms. The summed E-state index contributed by atoms with van der Waals surface area (Å²) in [6, 6.07) is 0.834. The molecule has 94 valence electrons. The van der Waals surface area contributed by atoms with E-state index in [1.165, 1.54) is 71.1 Å². The zero-order valence-corrected chi connectivity index (χ0v) is 10.9. The number of rotatable bonds is 7. The molecule has 1 aliphatic carbocycles. The summed E-state index contributed by atoms with van der Waals surface area (Å²) >= 11 is 0. The van der Waals surface area contributed by atoms with Crippen LogP contribution in [0.3, 0.4) is 0 Å². The molecule has 0 aromatic heterocycles. The molecule has 0 spiro atoms. The van der Waals surface area contributed by atoms with E-state index in [0.29, 0.717) is 0 Å². The average molecular weight is 224 g/mol. The van der Waals surface area contributed by atoms with E-state index in [2.05, 4.69) is 17.1 Å². The minimum atomic E-state index is 0.834. The second-order valence-electron chi connectivity index (χ2n) is 5.72. The van der Waals surface area contributed by atoms with Crippen LogP contribution >= 0.6 is 0 Å². The van der Waals surface area contributed by atoms with Gasteiger partial charge in [0.2, 0.25) is 0 Å². The van der Waals surface area contributed by atoms with Gasteiger partial charge in [-0.05, 0) is 64.7 Å². The molecule has 1 N–H and O–H groups in total. The fourth-order valence-electron chi connectivity index (χ4n) is 2.73. The van der Waals surface area contributed by atoms with Crippen LogP contribution in [0.5, 0.6) is 0 Å². The smallest absolute Gasteiger partial charge is 0.00669 e. The molecule has 2 fully saturated rings. The highest BCUT2D eigenvalue weighted by atomic mass is 15.2. The first-order valence-corrected chi connectivity index (χ1v) is 7.31. The summed E-state index contributed by atoms with van der Waals surface area (Å²) in [5, 5.41) is 3.58. The number of nitrogens with zero attached hydrogens (tertiary/aromatic N) is 1. The summed E-state index contributed by atoms with van der Waals surface area (Å²) in [5.74, 6) is 1.08. The lowest BCUT2D eigenvalue weighted by Crippen LogP contribution is -2.38. The third-order valence-electron chi connectivity index (χ3n) is 4.17. The topological polar surface area (TPSA) is 15.3 Å². The molecular weight excluding hydrogens is 196 g/mol. The van der Waals surface area contributed by atoms with Crippen LogP contribution in [-0.2, 0) is 0 Å². The van der Waals surface area contributed by atoms with E-state index in [4.69, 9.17) is 0 Å². The van der Waals surface area contributed by atoms with Gasteiger partial charge in [0, 0.05) is 6.04 Å². The van der Waals surface area contributed by atoms with Crippen molar-refractivity contribution in [3.05, 3.63) is 0 Å². The van der Waals surface area contributed by atoms with Crippen LogP contribution in [0.25, 0.3) is 0 Å². The predicted molar refractivity (Wildman–Crippen MR) is 69.7 cm³/mol. The molecule has 1 saturated heterocycles. The summed E-state index contributed by atoms with van der Waals surface area (Å²) in [4.78, 5) is 2.67. The molecule has 16 heavy (non-hydrogen) atoms. The van der Waals surface area contributed by atoms with Crippen molar-refractivity contribution in [1.29, 1.82) is 0 Å². The van der Waals surface area contributed by atoms with Crippen molar-refractivity contribution < 1.29 is 0 Å². The zero-order valence-electron chi connectivity index (χ0n) is 10.9. The Bertz CT molecular complexity index is 189. The lowest BCUT2D eigenvalue weighted by molar-refractivity contribution is 0.159. The lowest BCUT2D eigenvalue weighted by Gasteiger charge is -2.33. The van der Waals surface area contributed by atoms with Crippen LogP contribution < -0.4 is 5.32 Å². The SMILES string of the molecule is CC1CCCCN1CCCNCCC1CC1. The van der Waals surface area contributed by atoms with Gasteiger partial charge in [-0.15, -0.1) is 0 Å². The molecule has 1 atom stereocenters. The van der Waals surface area contributed by atoms with Gasteiger partial charge in [0.1, 0.15) is 0 Å². The van der Waals surface area contributed by atoms with E-state index >= 15 is 0 Å². The van der Waals surface area contributed by atoms with E-state index in [-0.39, 0.29) is 0 Å². The monoisotopic (exact) mass is 224 g/mol. The molecule has 2 aliphatic rings. The predicted octanol–water partition coefficient (Wildman–Crippen LogP) is 2.64. The summed E-state index contributed by atoms with van der Waals surface area (Å²) in [6.45, 7) is 7.50. The van der Waals surface area contributed by atoms with Gasteiger partial charge < -0.3 is 10.2 Å². The Kier molecular flexibility index (Phi) is 5.11. The normalized spacial score (nSPS) is 27.2. The molecule has 1 heterocycles. The van der Waals surface area contributed by atoms with Crippen LogP contribution in [0.1, 0.15) is 51.9 Å². The standard InChI is InChI=1S/C14H28N2/c1-13-5-2-3-11-16(13)12-4-9-15-10-8-14-6-7-14/h13-15H,2-12H2,1H3. The quantitative estimate of drug-likeness (QED) is 0.669. The third-order valence-corrected chi connectivity index (χ3v) is 4.17. The fraction of sp³-hybridized carbons (Fsp3) is 1.00. The first-order valence-electron chi connectivity index (χ1n) is 7.31. The molecular formula is C14H28N2. The first-order chi connectivity index (χ1) is 7.86. The second kappa shape index (κ2) is 6.61.